The molecule has 0 bridgehead atoms. The number of carbonyl (C=O) groups excluding carboxylic acids is 1. The van der Waals surface area contributed by atoms with Crippen molar-refractivity contribution in [1.29, 1.82) is 0 Å². The third kappa shape index (κ3) is 3.48. The quantitative estimate of drug-likeness (QED) is 0.660. The molecule has 2 aliphatic rings. The summed E-state index contributed by atoms with van der Waals surface area (Å²) in [6, 6.07) is 5.88. The fourth-order valence-electron chi connectivity index (χ4n) is 2.98. The predicted molar refractivity (Wildman–Crippen MR) is 82.3 cm³/mol. The van der Waals surface area contributed by atoms with E-state index in [-0.39, 0.29) is 30.6 Å². The molecule has 22 heavy (non-hydrogen) atoms. The van der Waals surface area contributed by atoms with Crippen molar-refractivity contribution in [3.8, 4) is 5.75 Å². The summed E-state index contributed by atoms with van der Waals surface area (Å²) in [6.45, 7) is 3.41. The maximum absolute atomic E-state index is 12.1. The van der Waals surface area contributed by atoms with Crippen molar-refractivity contribution in [3.63, 3.8) is 0 Å². The number of likely N-dealkylation sites (tertiary alicyclic amines) is 1. The van der Waals surface area contributed by atoms with Crippen molar-refractivity contribution < 1.29 is 14.5 Å². The number of fused-ring (bicyclic) bond motifs is 1. The zero-order chi connectivity index (χ0) is 14.8. The van der Waals surface area contributed by atoms with E-state index >= 15 is 0 Å². The molecular weight excluding hydrogens is 310 g/mol. The third-order valence-electron chi connectivity index (χ3n) is 4.13. The summed E-state index contributed by atoms with van der Waals surface area (Å²) in [5, 5.41) is 14.0. The lowest BCUT2D eigenvalue weighted by Gasteiger charge is -2.17. The van der Waals surface area contributed by atoms with E-state index in [1.807, 2.05) is 4.90 Å². The summed E-state index contributed by atoms with van der Waals surface area (Å²) in [7, 11) is 0. The molecule has 2 fully saturated rings. The van der Waals surface area contributed by atoms with Crippen LogP contribution in [-0.4, -0.2) is 48.5 Å². The van der Waals surface area contributed by atoms with Gasteiger partial charge < -0.3 is 15.0 Å². The number of halogens is 1. The van der Waals surface area contributed by atoms with Crippen LogP contribution >= 0.6 is 12.4 Å². The maximum Gasteiger partial charge on any atom is 0.273 e. The molecule has 8 heteroatoms. The van der Waals surface area contributed by atoms with Crippen LogP contribution in [0.3, 0.4) is 0 Å². The maximum atomic E-state index is 12.1. The summed E-state index contributed by atoms with van der Waals surface area (Å²) < 4.78 is 5.38. The minimum Gasteiger partial charge on any atom is -0.484 e. The highest BCUT2D eigenvalue weighted by atomic mass is 35.5. The van der Waals surface area contributed by atoms with E-state index in [9.17, 15) is 14.9 Å². The topological polar surface area (TPSA) is 84.7 Å². The molecule has 1 amide bonds. The molecule has 0 unspecified atom stereocenters. The van der Waals surface area contributed by atoms with Gasteiger partial charge in [0, 0.05) is 32.2 Å². The van der Waals surface area contributed by atoms with Crippen LogP contribution in [0.25, 0.3) is 0 Å². The number of hydrogen-bond acceptors (Lipinski definition) is 5. The van der Waals surface area contributed by atoms with Gasteiger partial charge in [0.2, 0.25) is 0 Å². The van der Waals surface area contributed by atoms with Gasteiger partial charge in [-0.3, -0.25) is 14.9 Å². The van der Waals surface area contributed by atoms with Gasteiger partial charge >= 0.3 is 0 Å². The van der Waals surface area contributed by atoms with E-state index in [2.05, 4.69) is 5.32 Å². The minimum atomic E-state index is -0.483. The van der Waals surface area contributed by atoms with Crippen molar-refractivity contribution >= 4 is 24.0 Å². The van der Waals surface area contributed by atoms with Crippen LogP contribution in [0.5, 0.6) is 5.75 Å². The number of carbonyl (C=O) groups is 1. The van der Waals surface area contributed by atoms with Gasteiger partial charge in [-0.15, -0.1) is 12.4 Å². The summed E-state index contributed by atoms with van der Waals surface area (Å²) in [5.41, 5.74) is -0.0401. The zero-order valence-electron chi connectivity index (χ0n) is 11.9. The predicted octanol–water partition coefficient (Wildman–Crippen LogP) is 1.07. The summed E-state index contributed by atoms with van der Waals surface area (Å²) in [5.74, 6) is 1.38. The van der Waals surface area contributed by atoms with Crippen molar-refractivity contribution in [3.05, 3.63) is 34.4 Å². The molecule has 2 saturated heterocycles. The molecule has 2 aliphatic heterocycles. The van der Waals surface area contributed by atoms with Gasteiger partial charge in [-0.25, -0.2) is 0 Å². The molecular formula is C14H18ClN3O4. The number of nitro benzene ring substituents is 1. The molecule has 0 spiro atoms. The molecule has 2 heterocycles. The first-order chi connectivity index (χ1) is 10.1. The Kier molecular flexibility index (Phi) is 5.20. The molecule has 0 radical (unpaired) electrons. The van der Waals surface area contributed by atoms with Gasteiger partial charge in [0.1, 0.15) is 5.75 Å². The Morgan fingerprint density at radius 2 is 2.05 bits per heavy atom. The molecule has 0 aliphatic carbocycles. The van der Waals surface area contributed by atoms with Gasteiger partial charge in [-0.2, -0.15) is 0 Å². The second-order valence-corrected chi connectivity index (χ2v) is 5.52. The van der Waals surface area contributed by atoms with E-state index in [1.165, 1.54) is 12.1 Å². The van der Waals surface area contributed by atoms with Crippen LogP contribution < -0.4 is 10.1 Å². The lowest BCUT2D eigenvalue weighted by Crippen LogP contribution is -2.35. The average Bonchev–Trinajstić information content (AvgIpc) is 3.06. The Hall–Kier alpha value is -1.86. The van der Waals surface area contributed by atoms with E-state index in [0.29, 0.717) is 17.6 Å². The lowest BCUT2D eigenvalue weighted by molar-refractivity contribution is -0.384. The molecule has 1 aromatic rings. The minimum absolute atomic E-state index is 0. The van der Waals surface area contributed by atoms with Crippen LogP contribution in [0.1, 0.15) is 0 Å². The number of nitrogens with zero attached hydrogens (tertiary/aromatic N) is 2. The van der Waals surface area contributed by atoms with E-state index in [0.717, 1.165) is 26.2 Å². The van der Waals surface area contributed by atoms with E-state index in [4.69, 9.17) is 4.74 Å². The fourth-order valence-corrected chi connectivity index (χ4v) is 2.98. The number of amides is 1. The summed E-state index contributed by atoms with van der Waals surface area (Å²) in [4.78, 5) is 24.1. The molecule has 2 atom stereocenters. The zero-order valence-corrected chi connectivity index (χ0v) is 12.8. The highest BCUT2D eigenvalue weighted by Gasteiger charge is 2.37. The van der Waals surface area contributed by atoms with Gasteiger partial charge in [-0.1, -0.05) is 6.07 Å². The molecule has 0 aromatic heterocycles. The lowest BCUT2D eigenvalue weighted by atomic mass is 10.0. The van der Waals surface area contributed by atoms with Crippen molar-refractivity contribution in [2.24, 2.45) is 11.8 Å². The third-order valence-corrected chi connectivity index (χ3v) is 4.13. The van der Waals surface area contributed by atoms with Crippen LogP contribution in [0.4, 0.5) is 5.69 Å². The number of rotatable bonds is 4. The van der Waals surface area contributed by atoms with Gasteiger partial charge in [0.25, 0.3) is 11.6 Å². The SMILES string of the molecule is Cl.O=C(COc1cccc([N+](=O)[O-])c1)N1C[C@H]2CNC[C@H]2C1. The Morgan fingerprint density at radius 1 is 1.36 bits per heavy atom. The van der Waals surface area contributed by atoms with Crippen molar-refractivity contribution in [2.45, 2.75) is 0 Å². The molecule has 1 N–H and O–H groups in total. The van der Waals surface area contributed by atoms with Gasteiger partial charge in [0.05, 0.1) is 11.0 Å². The number of hydrogen-bond donors (Lipinski definition) is 1. The van der Waals surface area contributed by atoms with Crippen LogP contribution in [0.2, 0.25) is 0 Å². The van der Waals surface area contributed by atoms with Crippen molar-refractivity contribution in [1.82, 2.24) is 10.2 Å². The molecule has 7 nitrogen and oxygen atoms in total. The second kappa shape index (κ2) is 6.93. The highest BCUT2D eigenvalue weighted by Crippen LogP contribution is 2.26. The summed E-state index contributed by atoms with van der Waals surface area (Å²) in [6.07, 6.45) is 0. The number of ether oxygens (including phenoxy) is 1. The fraction of sp³-hybridized carbons (Fsp3) is 0.500. The largest absolute Gasteiger partial charge is 0.484 e. The van der Waals surface area contributed by atoms with E-state index < -0.39 is 4.92 Å². The molecule has 3 rings (SSSR count). The van der Waals surface area contributed by atoms with Gasteiger partial charge in [0.15, 0.2) is 6.61 Å². The number of non-ortho nitro benzene ring substituents is 1. The number of benzene rings is 1. The molecule has 120 valence electrons. The van der Waals surface area contributed by atoms with Crippen LogP contribution in [0, 0.1) is 22.0 Å². The Bertz CT molecular complexity index is 557. The first kappa shape index (κ1) is 16.5. The normalized spacial score (nSPS) is 22.8. The Labute approximate surface area is 134 Å². The highest BCUT2D eigenvalue weighted by molar-refractivity contribution is 5.85. The number of nitrogens with one attached hydrogen (secondary N) is 1. The standard InChI is InChI=1S/C14H17N3O4.ClH/c18-14(16-7-10-5-15-6-11(10)8-16)9-21-13-3-1-2-12(4-13)17(19)20;/h1-4,10-11,15H,5-9H2;1H/t10-,11+;. The van der Waals surface area contributed by atoms with Crippen LogP contribution in [-0.2, 0) is 4.79 Å². The Balaban J connectivity index is 0.00000176. The smallest absolute Gasteiger partial charge is 0.273 e. The first-order valence-electron chi connectivity index (χ1n) is 6.99. The number of nitro groups is 1. The van der Waals surface area contributed by atoms with E-state index in [1.54, 1.807) is 12.1 Å². The summed E-state index contributed by atoms with van der Waals surface area (Å²) >= 11 is 0. The van der Waals surface area contributed by atoms with Gasteiger partial charge in [-0.05, 0) is 17.9 Å². The Morgan fingerprint density at radius 3 is 2.68 bits per heavy atom. The van der Waals surface area contributed by atoms with Crippen molar-refractivity contribution in [2.75, 3.05) is 32.8 Å². The average molecular weight is 328 g/mol. The monoisotopic (exact) mass is 327 g/mol. The molecule has 1 aromatic carbocycles. The second-order valence-electron chi connectivity index (χ2n) is 5.52. The first-order valence-corrected chi connectivity index (χ1v) is 6.99. The van der Waals surface area contributed by atoms with Crippen LogP contribution in [0.15, 0.2) is 24.3 Å². The molecule has 0 saturated carbocycles.